The third-order valence-electron chi connectivity index (χ3n) is 3.97. The molecule has 3 rings (SSSR count). The summed E-state index contributed by atoms with van der Waals surface area (Å²) < 4.78 is 0. The maximum Gasteiger partial charge on any atom is 0.336 e. The van der Waals surface area contributed by atoms with Crippen molar-refractivity contribution in [2.24, 2.45) is 0 Å². The molecule has 0 saturated carbocycles. The summed E-state index contributed by atoms with van der Waals surface area (Å²) in [7, 11) is 0. The average molecular weight is 270 g/mol. The molecule has 1 aliphatic heterocycles. The van der Waals surface area contributed by atoms with Crippen LogP contribution in [-0.4, -0.2) is 22.6 Å². The maximum absolute atomic E-state index is 11.5. The van der Waals surface area contributed by atoms with Crippen LogP contribution in [0.2, 0.25) is 0 Å². The summed E-state index contributed by atoms with van der Waals surface area (Å²) in [6, 6.07) is 7.68. The van der Waals surface area contributed by atoms with Crippen molar-refractivity contribution in [1.29, 1.82) is 0 Å². The van der Waals surface area contributed by atoms with Crippen LogP contribution in [0, 0.1) is 0 Å². The SMILES string of the molecule is CCc1cccc2c(C(=O)O)cc(C3CCCN3)nc12. The topological polar surface area (TPSA) is 62.2 Å². The Kier molecular flexibility index (Phi) is 3.40. The van der Waals surface area contributed by atoms with Crippen molar-refractivity contribution in [2.45, 2.75) is 32.2 Å². The van der Waals surface area contributed by atoms with Crippen LogP contribution in [0.1, 0.15) is 47.4 Å². The van der Waals surface area contributed by atoms with Crippen molar-refractivity contribution in [3.8, 4) is 0 Å². The quantitative estimate of drug-likeness (QED) is 0.900. The van der Waals surface area contributed by atoms with Crippen LogP contribution in [0.3, 0.4) is 0 Å². The number of hydrogen-bond donors (Lipinski definition) is 2. The molecule has 1 unspecified atom stereocenters. The molecule has 1 saturated heterocycles. The third-order valence-corrected chi connectivity index (χ3v) is 3.97. The van der Waals surface area contributed by atoms with Gasteiger partial charge in [-0.2, -0.15) is 0 Å². The summed E-state index contributed by atoms with van der Waals surface area (Å²) in [5.41, 5.74) is 3.14. The minimum absolute atomic E-state index is 0.183. The Bertz CT molecular complexity index is 661. The predicted molar refractivity (Wildman–Crippen MR) is 78.1 cm³/mol. The van der Waals surface area contributed by atoms with Crippen molar-refractivity contribution in [2.75, 3.05) is 6.54 Å². The number of para-hydroxylation sites is 1. The van der Waals surface area contributed by atoms with E-state index >= 15 is 0 Å². The van der Waals surface area contributed by atoms with E-state index in [4.69, 9.17) is 4.98 Å². The first-order valence-corrected chi connectivity index (χ1v) is 7.10. The smallest absolute Gasteiger partial charge is 0.336 e. The van der Waals surface area contributed by atoms with Crippen LogP contribution >= 0.6 is 0 Å². The monoisotopic (exact) mass is 270 g/mol. The molecular formula is C16H18N2O2. The molecule has 1 fully saturated rings. The highest BCUT2D eigenvalue weighted by molar-refractivity contribution is 6.03. The fourth-order valence-corrected chi connectivity index (χ4v) is 2.91. The molecule has 1 aromatic heterocycles. The van der Waals surface area contributed by atoms with Crippen LogP contribution in [0.4, 0.5) is 0 Å². The standard InChI is InChI=1S/C16H18N2O2/c1-2-10-5-3-6-11-12(16(19)20)9-14(18-15(10)11)13-7-4-8-17-13/h3,5-6,9,13,17H,2,4,7-8H2,1H3,(H,19,20). The number of pyridine rings is 1. The highest BCUT2D eigenvalue weighted by atomic mass is 16.4. The number of carboxylic acids is 1. The van der Waals surface area contributed by atoms with Gasteiger partial charge in [0, 0.05) is 11.4 Å². The Morgan fingerprint density at radius 2 is 2.35 bits per heavy atom. The molecule has 2 aromatic rings. The number of benzene rings is 1. The number of aromatic nitrogens is 1. The second-order valence-electron chi connectivity index (χ2n) is 5.22. The van der Waals surface area contributed by atoms with E-state index in [1.165, 1.54) is 0 Å². The lowest BCUT2D eigenvalue weighted by molar-refractivity contribution is 0.0699. The van der Waals surface area contributed by atoms with Gasteiger partial charge >= 0.3 is 5.97 Å². The van der Waals surface area contributed by atoms with Gasteiger partial charge in [0.1, 0.15) is 0 Å². The minimum atomic E-state index is -0.884. The Morgan fingerprint density at radius 1 is 1.50 bits per heavy atom. The maximum atomic E-state index is 11.5. The molecule has 104 valence electrons. The number of nitrogens with one attached hydrogen (secondary N) is 1. The van der Waals surface area contributed by atoms with Crippen LogP contribution in [0.25, 0.3) is 10.9 Å². The summed E-state index contributed by atoms with van der Waals surface area (Å²) in [6.07, 6.45) is 2.99. The van der Waals surface area contributed by atoms with Gasteiger partial charge in [0.05, 0.1) is 16.8 Å². The number of hydrogen-bond acceptors (Lipinski definition) is 3. The second-order valence-corrected chi connectivity index (χ2v) is 5.22. The van der Waals surface area contributed by atoms with E-state index in [0.29, 0.717) is 5.56 Å². The molecule has 0 amide bonds. The predicted octanol–water partition coefficient (Wildman–Crippen LogP) is 2.92. The molecule has 1 aromatic carbocycles. The largest absolute Gasteiger partial charge is 0.478 e. The van der Waals surface area contributed by atoms with Crippen LogP contribution in [-0.2, 0) is 6.42 Å². The molecule has 4 heteroatoms. The van der Waals surface area contributed by atoms with E-state index in [1.807, 2.05) is 18.2 Å². The first-order valence-electron chi connectivity index (χ1n) is 7.10. The van der Waals surface area contributed by atoms with Crippen LogP contribution in [0.5, 0.6) is 0 Å². The van der Waals surface area contributed by atoms with Crippen molar-refractivity contribution in [3.05, 3.63) is 41.1 Å². The number of carboxylic acid groups (broad SMARTS) is 1. The van der Waals surface area contributed by atoms with Gasteiger partial charge in [-0.1, -0.05) is 25.1 Å². The first-order chi connectivity index (χ1) is 9.70. The molecule has 0 spiro atoms. The van der Waals surface area contributed by atoms with Crippen LogP contribution < -0.4 is 5.32 Å². The molecule has 2 heterocycles. The Hall–Kier alpha value is -1.94. The Labute approximate surface area is 117 Å². The van der Waals surface area contributed by atoms with Gasteiger partial charge in [-0.05, 0) is 37.4 Å². The summed E-state index contributed by atoms with van der Waals surface area (Å²) in [5.74, 6) is -0.884. The lowest BCUT2D eigenvalue weighted by atomic mass is 10.0. The second kappa shape index (κ2) is 5.21. The molecule has 20 heavy (non-hydrogen) atoms. The van der Waals surface area contributed by atoms with Crippen molar-refractivity contribution in [3.63, 3.8) is 0 Å². The van der Waals surface area contributed by atoms with Crippen molar-refractivity contribution < 1.29 is 9.90 Å². The zero-order valence-corrected chi connectivity index (χ0v) is 11.5. The first kappa shape index (κ1) is 13.1. The molecule has 1 aliphatic rings. The van der Waals surface area contributed by atoms with E-state index in [2.05, 4.69) is 12.2 Å². The highest BCUT2D eigenvalue weighted by Gasteiger charge is 2.21. The highest BCUT2D eigenvalue weighted by Crippen LogP contribution is 2.28. The number of rotatable bonds is 3. The fourth-order valence-electron chi connectivity index (χ4n) is 2.91. The van der Waals surface area contributed by atoms with Crippen molar-refractivity contribution in [1.82, 2.24) is 10.3 Å². The lowest BCUT2D eigenvalue weighted by Crippen LogP contribution is -2.15. The van der Waals surface area contributed by atoms with Gasteiger partial charge in [0.15, 0.2) is 0 Å². The van der Waals surface area contributed by atoms with E-state index in [0.717, 1.165) is 48.0 Å². The minimum Gasteiger partial charge on any atom is -0.478 e. The summed E-state index contributed by atoms with van der Waals surface area (Å²) in [5, 5.41) is 13.6. The van der Waals surface area contributed by atoms with E-state index in [1.54, 1.807) is 6.07 Å². The molecule has 0 bridgehead atoms. The zero-order valence-electron chi connectivity index (χ0n) is 11.5. The lowest BCUT2D eigenvalue weighted by Gasteiger charge is -2.14. The molecule has 0 aliphatic carbocycles. The summed E-state index contributed by atoms with van der Waals surface area (Å²) in [6.45, 7) is 3.04. The van der Waals surface area contributed by atoms with Gasteiger partial charge < -0.3 is 10.4 Å². The van der Waals surface area contributed by atoms with Crippen molar-refractivity contribution >= 4 is 16.9 Å². The number of carbonyl (C=O) groups is 1. The molecule has 4 nitrogen and oxygen atoms in total. The normalized spacial score (nSPS) is 18.6. The summed E-state index contributed by atoms with van der Waals surface area (Å²) >= 11 is 0. The average Bonchev–Trinajstić information content (AvgIpc) is 2.99. The van der Waals surface area contributed by atoms with E-state index in [-0.39, 0.29) is 6.04 Å². The van der Waals surface area contributed by atoms with Crippen LogP contribution in [0.15, 0.2) is 24.3 Å². The Morgan fingerprint density at radius 3 is 3.00 bits per heavy atom. The van der Waals surface area contributed by atoms with Gasteiger partial charge in [0.25, 0.3) is 0 Å². The van der Waals surface area contributed by atoms with Gasteiger partial charge in [0.2, 0.25) is 0 Å². The molecule has 2 N–H and O–H groups in total. The number of aryl methyl sites for hydroxylation is 1. The van der Waals surface area contributed by atoms with E-state index < -0.39 is 5.97 Å². The third kappa shape index (κ3) is 2.16. The van der Waals surface area contributed by atoms with E-state index in [9.17, 15) is 9.90 Å². The van der Waals surface area contributed by atoms with Gasteiger partial charge in [-0.15, -0.1) is 0 Å². The number of fused-ring (bicyclic) bond motifs is 1. The molecular weight excluding hydrogens is 252 g/mol. The number of aromatic carboxylic acids is 1. The molecule has 0 radical (unpaired) electrons. The molecule has 1 atom stereocenters. The summed E-state index contributed by atoms with van der Waals surface area (Å²) in [4.78, 5) is 16.3. The Balaban J connectivity index is 2.25. The zero-order chi connectivity index (χ0) is 14.1. The fraction of sp³-hybridized carbons (Fsp3) is 0.375. The number of nitrogens with zero attached hydrogens (tertiary/aromatic N) is 1. The van der Waals surface area contributed by atoms with Gasteiger partial charge in [-0.25, -0.2) is 4.79 Å². The van der Waals surface area contributed by atoms with Gasteiger partial charge in [-0.3, -0.25) is 4.98 Å².